The zero-order valence-corrected chi connectivity index (χ0v) is 4.03. The van der Waals surface area contributed by atoms with E-state index in [4.69, 9.17) is 17.0 Å². The SMILES string of the molecule is CC(=NCl)NO. The van der Waals surface area contributed by atoms with Crippen molar-refractivity contribution in [3.63, 3.8) is 0 Å². The Morgan fingerprint density at radius 3 is 2.50 bits per heavy atom. The molecule has 0 aliphatic carbocycles. The first-order chi connectivity index (χ1) is 2.81. The van der Waals surface area contributed by atoms with E-state index in [2.05, 4.69) is 4.51 Å². The fourth-order valence-corrected chi connectivity index (χ4v) is 0.0567. The number of hydrogen-bond acceptors (Lipinski definition) is 2. The Labute approximate surface area is 40.7 Å². The van der Waals surface area contributed by atoms with Crippen LogP contribution in [0.1, 0.15) is 6.92 Å². The summed E-state index contributed by atoms with van der Waals surface area (Å²) in [6.45, 7) is 1.53. The summed E-state index contributed by atoms with van der Waals surface area (Å²) in [6.07, 6.45) is 0. The van der Waals surface area contributed by atoms with Gasteiger partial charge in [0.1, 0.15) is 5.84 Å². The lowest BCUT2D eigenvalue weighted by atomic mass is 10.7. The van der Waals surface area contributed by atoms with Gasteiger partial charge >= 0.3 is 0 Å². The fourth-order valence-electron chi connectivity index (χ4n) is 0.0189. The summed E-state index contributed by atoms with van der Waals surface area (Å²) < 4.78 is 3.03. The van der Waals surface area contributed by atoms with Crippen LogP contribution < -0.4 is 5.48 Å². The summed E-state index contributed by atoms with van der Waals surface area (Å²) in [5.74, 6) is 0.289. The zero-order valence-electron chi connectivity index (χ0n) is 3.27. The van der Waals surface area contributed by atoms with Crippen molar-refractivity contribution in [2.45, 2.75) is 6.92 Å². The van der Waals surface area contributed by atoms with Gasteiger partial charge in [-0.2, -0.15) is 4.51 Å². The average molecular weight is 109 g/mol. The van der Waals surface area contributed by atoms with Gasteiger partial charge in [0, 0.05) is 11.8 Å². The molecule has 0 aliphatic rings. The van der Waals surface area contributed by atoms with Crippen molar-refractivity contribution in [3.8, 4) is 0 Å². The minimum atomic E-state index is 0.289. The van der Waals surface area contributed by atoms with Crippen molar-refractivity contribution in [3.05, 3.63) is 0 Å². The van der Waals surface area contributed by atoms with Gasteiger partial charge in [-0.15, -0.1) is 0 Å². The lowest BCUT2D eigenvalue weighted by Gasteiger charge is -1.86. The molecule has 0 spiro atoms. The summed E-state index contributed by atoms with van der Waals surface area (Å²) >= 11 is 4.82. The number of amidine groups is 1. The molecule has 0 fully saturated rings. The van der Waals surface area contributed by atoms with Crippen LogP contribution in [0.25, 0.3) is 0 Å². The van der Waals surface area contributed by atoms with E-state index in [1.165, 1.54) is 6.92 Å². The fraction of sp³-hybridized carbons (Fsp3) is 0.500. The molecular weight excluding hydrogens is 103 g/mol. The Bertz CT molecular complexity index is 62.6. The van der Waals surface area contributed by atoms with Crippen LogP contribution in [0.15, 0.2) is 4.51 Å². The molecule has 0 saturated carbocycles. The van der Waals surface area contributed by atoms with E-state index in [1.54, 1.807) is 5.48 Å². The van der Waals surface area contributed by atoms with Gasteiger partial charge < -0.3 is 0 Å². The van der Waals surface area contributed by atoms with Crippen LogP contribution in [0.5, 0.6) is 0 Å². The first-order valence-electron chi connectivity index (χ1n) is 1.37. The second-order valence-corrected chi connectivity index (χ2v) is 0.951. The molecule has 0 bridgehead atoms. The molecule has 0 aliphatic heterocycles. The molecular formula is C2H5ClN2O. The maximum atomic E-state index is 7.87. The lowest BCUT2D eigenvalue weighted by Crippen LogP contribution is -2.12. The number of nitrogens with one attached hydrogen (secondary N) is 1. The predicted molar refractivity (Wildman–Crippen MR) is 23.9 cm³/mol. The lowest BCUT2D eigenvalue weighted by molar-refractivity contribution is 0.234. The van der Waals surface area contributed by atoms with Crippen LogP contribution in [0.3, 0.4) is 0 Å². The average Bonchev–Trinajstić information content (AvgIpc) is 1.65. The highest BCUT2D eigenvalue weighted by molar-refractivity contribution is 6.19. The zero-order chi connectivity index (χ0) is 4.99. The van der Waals surface area contributed by atoms with Gasteiger partial charge in [-0.25, -0.2) is 0 Å². The number of rotatable bonds is 0. The van der Waals surface area contributed by atoms with Gasteiger partial charge in [-0.3, -0.25) is 10.7 Å². The van der Waals surface area contributed by atoms with E-state index in [1.807, 2.05) is 0 Å². The predicted octanol–water partition coefficient (Wildman–Crippen LogP) is 0.537. The van der Waals surface area contributed by atoms with Crippen LogP contribution in [0, 0.1) is 0 Å². The molecule has 0 rings (SSSR count). The second-order valence-electron chi connectivity index (χ2n) is 0.782. The third-order valence-corrected chi connectivity index (χ3v) is 0.542. The molecule has 0 heterocycles. The van der Waals surface area contributed by atoms with Gasteiger partial charge in [-0.1, -0.05) is 0 Å². The molecule has 0 atom stereocenters. The number of hydrogen-bond donors (Lipinski definition) is 2. The van der Waals surface area contributed by atoms with Gasteiger partial charge in [0.05, 0.1) is 0 Å². The molecule has 0 aromatic rings. The standard InChI is InChI=1S/C2H5ClN2O/c1-2(4-3)5-6/h6H,1H3,(H,4,5). The first kappa shape index (κ1) is 5.72. The highest BCUT2D eigenvalue weighted by Crippen LogP contribution is 1.73. The summed E-state index contributed by atoms with van der Waals surface area (Å²) in [7, 11) is 0. The summed E-state index contributed by atoms with van der Waals surface area (Å²) in [5.41, 5.74) is 1.73. The van der Waals surface area contributed by atoms with E-state index in [9.17, 15) is 0 Å². The normalized spacial score (nSPS) is 11.5. The Balaban J connectivity index is 3.22. The monoisotopic (exact) mass is 108 g/mol. The highest BCUT2D eigenvalue weighted by Gasteiger charge is 1.75. The largest absolute Gasteiger partial charge is 0.290 e. The van der Waals surface area contributed by atoms with Crippen LogP contribution >= 0.6 is 11.8 Å². The molecule has 3 nitrogen and oxygen atoms in total. The first-order valence-corrected chi connectivity index (χ1v) is 1.70. The molecule has 0 unspecified atom stereocenters. The van der Waals surface area contributed by atoms with E-state index >= 15 is 0 Å². The number of hydroxylamine groups is 1. The maximum Gasteiger partial charge on any atom is 0.137 e. The Morgan fingerprint density at radius 1 is 2.00 bits per heavy atom. The third-order valence-electron chi connectivity index (χ3n) is 0.289. The quantitative estimate of drug-likeness (QED) is 0.270. The van der Waals surface area contributed by atoms with E-state index < -0.39 is 0 Å². The second kappa shape index (κ2) is 2.93. The summed E-state index contributed by atoms with van der Waals surface area (Å²) in [6, 6.07) is 0. The van der Waals surface area contributed by atoms with Gasteiger partial charge in [-0.05, 0) is 6.92 Å². The third kappa shape index (κ3) is 1.99. The molecule has 0 radical (unpaired) electrons. The molecule has 0 aromatic heterocycles. The van der Waals surface area contributed by atoms with E-state index in [0.29, 0.717) is 0 Å². The molecule has 2 N–H and O–H groups in total. The molecule has 0 amide bonds. The smallest absolute Gasteiger partial charge is 0.137 e. The van der Waals surface area contributed by atoms with Gasteiger partial charge in [0.15, 0.2) is 0 Å². The Morgan fingerprint density at radius 2 is 2.50 bits per heavy atom. The minimum absolute atomic E-state index is 0.289. The van der Waals surface area contributed by atoms with Crippen molar-refractivity contribution in [2.24, 2.45) is 4.51 Å². The molecule has 0 aromatic carbocycles. The van der Waals surface area contributed by atoms with Crippen molar-refractivity contribution in [1.82, 2.24) is 5.48 Å². The van der Waals surface area contributed by atoms with Crippen molar-refractivity contribution in [1.29, 1.82) is 0 Å². The highest BCUT2D eigenvalue weighted by atomic mass is 35.5. The van der Waals surface area contributed by atoms with Gasteiger partial charge in [0.2, 0.25) is 0 Å². The van der Waals surface area contributed by atoms with Crippen molar-refractivity contribution in [2.75, 3.05) is 0 Å². The van der Waals surface area contributed by atoms with Crippen LogP contribution in [-0.2, 0) is 0 Å². The van der Waals surface area contributed by atoms with Crippen molar-refractivity contribution >= 4 is 17.6 Å². The Hall–Kier alpha value is -0.280. The molecule has 6 heavy (non-hydrogen) atoms. The molecule has 0 saturated heterocycles. The Kier molecular flexibility index (Phi) is 2.80. The maximum absolute atomic E-state index is 7.87. The molecule has 36 valence electrons. The summed E-state index contributed by atoms with van der Waals surface area (Å²) in [4.78, 5) is 0. The number of halogens is 1. The van der Waals surface area contributed by atoms with Crippen LogP contribution in [0.2, 0.25) is 0 Å². The number of nitrogens with zero attached hydrogens (tertiary/aromatic N) is 1. The topological polar surface area (TPSA) is 44.6 Å². The van der Waals surface area contributed by atoms with Crippen LogP contribution in [-0.4, -0.2) is 11.0 Å². The van der Waals surface area contributed by atoms with E-state index in [0.717, 1.165) is 0 Å². The minimum Gasteiger partial charge on any atom is -0.290 e. The van der Waals surface area contributed by atoms with Crippen molar-refractivity contribution < 1.29 is 5.21 Å². The van der Waals surface area contributed by atoms with E-state index in [-0.39, 0.29) is 5.84 Å². The summed E-state index contributed by atoms with van der Waals surface area (Å²) in [5, 5.41) is 7.87. The molecule has 4 heteroatoms. The van der Waals surface area contributed by atoms with Crippen LogP contribution in [0.4, 0.5) is 0 Å². The van der Waals surface area contributed by atoms with Gasteiger partial charge in [0.25, 0.3) is 0 Å².